The predicted octanol–water partition coefficient (Wildman–Crippen LogP) is 0.786. The Balaban J connectivity index is 2.07. The van der Waals surface area contributed by atoms with Crippen molar-refractivity contribution in [1.29, 1.82) is 0 Å². The van der Waals surface area contributed by atoms with E-state index in [1.54, 1.807) is 4.90 Å². The van der Waals surface area contributed by atoms with Gasteiger partial charge in [-0.3, -0.25) is 9.59 Å². The number of urea groups is 1. The second-order valence-electron chi connectivity index (χ2n) is 7.26. The van der Waals surface area contributed by atoms with Gasteiger partial charge in [0.15, 0.2) is 0 Å². The van der Waals surface area contributed by atoms with Crippen molar-refractivity contribution in [2.75, 3.05) is 26.2 Å². The van der Waals surface area contributed by atoms with Crippen molar-refractivity contribution in [1.82, 2.24) is 15.1 Å². The Kier molecular flexibility index (Phi) is 6.07. The van der Waals surface area contributed by atoms with Crippen molar-refractivity contribution in [3.05, 3.63) is 0 Å². The fraction of sp³-hybridized carbons (Fsp3) is 0.824. The number of piperidine rings is 1. The number of amides is 4. The molecule has 3 atom stereocenters. The van der Waals surface area contributed by atoms with Gasteiger partial charge in [-0.25, -0.2) is 4.79 Å². The number of nitrogens with zero attached hydrogens (tertiary/aromatic N) is 2. The zero-order valence-corrected chi connectivity index (χ0v) is 15.0. The second kappa shape index (κ2) is 7.85. The average Bonchev–Trinajstić information content (AvgIpc) is 2.66. The van der Waals surface area contributed by atoms with Crippen molar-refractivity contribution < 1.29 is 14.4 Å². The summed E-state index contributed by atoms with van der Waals surface area (Å²) < 4.78 is 0. The first-order valence-corrected chi connectivity index (χ1v) is 8.96. The van der Waals surface area contributed by atoms with Crippen molar-refractivity contribution in [2.24, 2.45) is 23.5 Å². The number of carbonyl (C=O) groups excluding carboxylic acids is 3. The standard InChI is InChI=1S/C17H30N4O3/c1-4-19-17(24)20-7-5-12-9-14(22)21(8-6-13(12)10-20)15(11(2)3)16(18)23/h11-13,15H,4-10H2,1-3H3,(H2,18,23)(H,19,24)/t12-,13-,15-/m0/s1. The minimum absolute atomic E-state index is 0.00147. The lowest BCUT2D eigenvalue weighted by Gasteiger charge is -2.37. The third-order valence-corrected chi connectivity index (χ3v) is 5.26. The van der Waals surface area contributed by atoms with Crippen LogP contribution in [-0.2, 0) is 9.59 Å². The first-order valence-electron chi connectivity index (χ1n) is 8.96. The highest BCUT2D eigenvalue weighted by Gasteiger charge is 2.39. The van der Waals surface area contributed by atoms with E-state index in [2.05, 4.69) is 5.32 Å². The maximum absolute atomic E-state index is 12.7. The maximum Gasteiger partial charge on any atom is 0.317 e. The molecular weight excluding hydrogens is 308 g/mol. The summed E-state index contributed by atoms with van der Waals surface area (Å²) in [6.07, 6.45) is 2.09. The van der Waals surface area contributed by atoms with Crippen LogP contribution in [0, 0.1) is 17.8 Å². The van der Waals surface area contributed by atoms with E-state index in [-0.39, 0.29) is 23.8 Å². The van der Waals surface area contributed by atoms with Gasteiger partial charge in [-0.15, -0.1) is 0 Å². The summed E-state index contributed by atoms with van der Waals surface area (Å²) in [5, 5.41) is 2.84. The van der Waals surface area contributed by atoms with Crippen LogP contribution in [-0.4, -0.2) is 59.9 Å². The van der Waals surface area contributed by atoms with Gasteiger partial charge in [-0.05, 0) is 37.5 Å². The van der Waals surface area contributed by atoms with Gasteiger partial charge in [-0.1, -0.05) is 13.8 Å². The van der Waals surface area contributed by atoms with E-state index in [1.807, 2.05) is 25.7 Å². The van der Waals surface area contributed by atoms with Gasteiger partial charge in [0, 0.05) is 32.6 Å². The highest BCUT2D eigenvalue weighted by atomic mass is 16.2. The summed E-state index contributed by atoms with van der Waals surface area (Å²) in [4.78, 5) is 40.0. The van der Waals surface area contributed by atoms with Crippen molar-refractivity contribution >= 4 is 17.8 Å². The van der Waals surface area contributed by atoms with Crippen LogP contribution >= 0.6 is 0 Å². The molecule has 0 aromatic carbocycles. The zero-order chi connectivity index (χ0) is 17.9. The van der Waals surface area contributed by atoms with Gasteiger partial charge in [0.1, 0.15) is 6.04 Å². The lowest BCUT2D eigenvalue weighted by molar-refractivity contribution is -0.141. The molecule has 24 heavy (non-hydrogen) atoms. The molecule has 3 N–H and O–H groups in total. The van der Waals surface area contributed by atoms with E-state index in [9.17, 15) is 14.4 Å². The summed E-state index contributed by atoms with van der Waals surface area (Å²) in [5.41, 5.74) is 5.53. The molecule has 0 saturated carbocycles. The number of rotatable bonds is 4. The topological polar surface area (TPSA) is 95.7 Å². The van der Waals surface area contributed by atoms with Crippen molar-refractivity contribution in [2.45, 2.75) is 46.1 Å². The summed E-state index contributed by atoms with van der Waals surface area (Å²) in [6, 6.07) is -0.572. The Morgan fingerprint density at radius 2 is 1.92 bits per heavy atom. The number of primary amides is 1. The number of carbonyl (C=O) groups is 3. The first kappa shape index (κ1) is 18.5. The molecule has 2 aliphatic rings. The normalized spacial score (nSPS) is 25.9. The first-order chi connectivity index (χ1) is 11.3. The zero-order valence-electron chi connectivity index (χ0n) is 15.0. The van der Waals surface area contributed by atoms with E-state index in [1.165, 1.54) is 0 Å². The average molecular weight is 338 g/mol. The molecule has 0 aromatic heterocycles. The van der Waals surface area contributed by atoms with Crippen molar-refractivity contribution in [3.63, 3.8) is 0 Å². The number of hydrogen-bond donors (Lipinski definition) is 2. The van der Waals surface area contributed by atoms with Crippen LogP contribution < -0.4 is 11.1 Å². The molecule has 2 saturated heterocycles. The molecule has 0 aliphatic carbocycles. The van der Waals surface area contributed by atoms with Gasteiger partial charge < -0.3 is 20.9 Å². The van der Waals surface area contributed by atoms with Crippen molar-refractivity contribution in [3.8, 4) is 0 Å². The molecule has 2 aliphatic heterocycles. The van der Waals surface area contributed by atoms with Crippen LogP contribution in [0.1, 0.15) is 40.0 Å². The number of nitrogens with one attached hydrogen (secondary N) is 1. The Morgan fingerprint density at radius 1 is 1.25 bits per heavy atom. The largest absolute Gasteiger partial charge is 0.368 e. The van der Waals surface area contributed by atoms with Crippen LogP contribution in [0.15, 0.2) is 0 Å². The van der Waals surface area contributed by atoms with Crippen LogP contribution in [0.4, 0.5) is 4.79 Å². The number of likely N-dealkylation sites (tertiary alicyclic amines) is 2. The van der Waals surface area contributed by atoms with Crippen LogP contribution in [0.2, 0.25) is 0 Å². The highest BCUT2D eigenvalue weighted by molar-refractivity contribution is 5.87. The van der Waals surface area contributed by atoms with E-state index in [4.69, 9.17) is 5.73 Å². The lowest BCUT2D eigenvalue weighted by atomic mass is 9.82. The van der Waals surface area contributed by atoms with Gasteiger partial charge in [0.25, 0.3) is 0 Å². The highest BCUT2D eigenvalue weighted by Crippen LogP contribution is 2.33. The van der Waals surface area contributed by atoms with Crippen LogP contribution in [0.25, 0.3) is 0 Å². The van der Waals surface area contributed by atoms with Gasteiger partial charge in [0.2, 0.25) is 11.8 Å². The lowest BCUT2D eigenvalue weighted by Crippen LogP contribution is -2.50. The molecule has 7 nitrogen and oxygen atoms in total. The fourth-order valence-electron chi connectivity index (χ4n) is 4.03. The Hall–Kier alpha value is -1.79. The summed E-state index contributed by atoms with van der Waals surface area (Å²) in [7, 11) is 0. The number of nitrogens with two attached hydrogens (primary N) is 1. The third-order valence-electron chi connectivity index (χ3n) is 5.26. The van der Waals surface area contributed by atoms with E-state index in [0.717, 1.165) is 12.8 Å². The quantitative estimate of drug-likeness (QED) is 0.793. The summed E-state index contributed by atoms with van der Waals surface area (Å²) in [6.45, 7) is 8.25. The van der Waals surface area contributed by atoms with Gasteiger partial charge >= 0.3 is 6.03 Å². The molecule has 2 rings (SSSR count). The third kappa shape index (κ3) is 3.99. The Labute approximate surface area is 143 Å². The van der Waals surface area contributed by atoms with Gasteiger partial charge in [0.05, 0.1) is 0 Å². The molecule has 0 aromatic rings. The summed E-state index contributed by atoms with van der Waals surface area (Å²) >= 11 is 0. The molecule has 0 radical (unpaired) electrons. The molecule has 4 amide bonds. The maximum atomic E-state index is 12.7. The molecule has 2 fully saturated rings. The monoisotopic (exact) mass is 338 g/mol. The second-order valence-corrected chi connectivity index (χ2v) is 7.26. The smallest absolute Gasteiger partial charge is 0.317 e. The molecule has 0 spiro atoms. The SMILES string of the molecule is CCNC(=O)N1CC[C@H]2CC(=O)N([C@H](C(N)=O)C(C)C)CC[C@H]2C1. The van der Waals surface area contributed by atoms with E-state index in [0.29, 0.717) is 38.5 Å². The number of hydrogen-bond acceptors (Lipinski definition) is 3. The molecule has 0 unspecified atom stereocenters. The van der Waals surface area contributed by atoms with E-state index < -0.39 is 11.9 Å². The molecule has 7 heteroatoms. The summed E-state index contributed by atoms with van der Waals surface area (Å²) in [5.74, 6) is 0.168. The fourth-order valence-corrected chi connectivity index (χ4v) is 4.03. The minimum atomic E-state index is -0.544. The molecule has 2 heterocycles. The molecule has 0 bridgehead atoms. The van der Waals surface area contributed by atoms with Gasteiger partial charge in [-0.2, -0.15) is 0 Å². The Morgan fingerprint density at radius 3 is 2.50 bits per heavy atom. The molecular formula is C17H30N4O3. The predicted molar refractivity (Wildman–Crippen MR) is 91.0 cm³/mol. The van der Waals surface area contributed by atoms with Crippen LogP contribution in [0.3, 0.4) is 0 Å². The molecule has 136 valence electrons. The van der Waals surface area contributed by atoms with E-state index >= 15 is 0 Å². The van der Waals surface area contributed by atoms with Crippen LogP contribution in [0.5, 0.6) is 0 Å². The number of fused-ring (bicyclic) bond motifs is 1. The minimum Gasteiger partial charge on any atom is -0.368 e. The Bertz CT molecular complexity index is 494.